The van der Waals surface area contributed by atoms with Gasteiger partial charge in [0.05, 0.1) is 12.1 Å². The highest BCUT2D eigenvalue weighted by Crippen LogP contribution is 2.33. The maximum Gasteiger partial charge on any atom is 0.317 e. The van der Waals surface area contributed by atoms with E-state index >= 15 is 0 Å². The van der Waals surface area contributed by atoms with E-state index < -0.39 is 11.2 Å². The molecule has 1 saturated heterocycles. The molecule has 1 amide bonds. The van der Waals surface area contributed by atoms with Crippen molar-refractivity contribution in [3.63, 3.8) is 0 Å². The van der Waals surface area contributed by atoms with Crippen LogP contribution in [-0.2, 0) is 9.59 Å². The zero-order valence-electron chi connectivity index (χ0n) is 17.1. The first kappa shape index (κ1) is 22.1. The summed E-state index contributed by atoms with van der Waals surface area (Å²) in [7, 11) is 0. The summed E-state index contributed by atoms with van der Waals surface area (Å²) in [5, 5.41) is 9.63. The zero-order valence-corrected chi connectivity index (χ0v) is 18.7. The largest absolute Gasteiger partial charge is 0.480 e. The number of amidine groups is 1. The molecule has 4 rings (SSSR count). The lowest BCUT2D eigenvalue weighted by molar-refractivity contribution is -0.139. The average Bonchev–Trinajstić information content (AvgIpc) is 2.81. The van der Waals surface area contributed by atoms with Crippen LogP contribution in [0.2, 0.25) is 5.02 Å². The van der Waals surface area contributed by atoms with Gasteiger partial charge in [-0.15, -0.1) is 0 Å². The molecule has 1 atom stereocenters. The van der Waals surface area contributed by atoms with Crippen molar-refractivity contribution in [2.24, 2.45) is 4.99 Å². The van der Waals surface area contributed by atoms with Gasteiger partial charge in [-0.05, 0) is 35.4 Å². The Morgan fingerprint density at radius 3 is 2.09 bits per heavy atom. The third kappa shape index (κ3) is 5.21. The smallest absolute Gasteiger partial charge is 0.317 e. The molecule has 3 aromatic rings. The molecule has 3 aromatic carbocycles. The van der Waals surface area contributed by atoms with Crippen LogP contribution in [0.5, 0.6) is 0 Å². The number of hydrogen-bond acceptors (Lipinski definition) is 4. The van der Waals surface area contributed by atoms with Crippen molar-refractivity contribution in [2.45, 2.75) is 17.6 Å². The van der Waals surface area contributed by atoms with E-state index in [1.165, 1.54) is 0 Å². The third-order valence-corrected chi connectivity index (χ3v) is 6.66. The highest BCUT2D eigenvalue weighted by atomic mass is 35.5. The van der Waals surface area contributed by atoms with E-state index in [4.69, 9.17) is 11.6 Å². The fraction of sp³-hybridized carbons (Fsp3) is 0.160. The molecule has 1 aliphatic rings. The number of nitrogens with zero attached hydrogens (tertiary/aromatic N) is 2. The number of thioether (sulfide) groups is 1. The van der Waals surface area contributed by atoms with Gasteiger partial charge >= 0.3 is 5.97 Å². The Morgan fingerprint density at radius 1 is 1.00 bits per heavy atom. The number of aliphatic carboxylic acids is 1. The molecule has 7 heteroatoms. The standard InChI is InChI=1S/C25H21ClN2O3S/c26-19-11-13-20(14-12-19)27-25-28(23(29)15-22(32-25)24(30)31)16-21(17-7-3-1-4-8-17)18-9-5-2-6-10-18/h1-14,21-22H,15-16H2,(H,30,31)/t22-/m1/s1. The molecule has 0 aromatic heterocycles. The second-order valence-corrected chi connectivity index (χ2v) is 9.00. The van der Waals surface area contributed by atoms with E-state index in [2.05, 4.69) is 4.99 Å². The predicted octanol–water partition coefficient (Wildman–Crippen LogP) is 5.58. The molecule has 0 bridgehead atoms. The lowest BCUT2D eigenvalue weighted by atomic mass is 9.91. The summed E-state index contributed by atoms with van der Waals surface area (Å²) < 4.78 is 0. The van der Waals surface area contributed by atoms with Gasteiger partial charge in [0, 0.05) is 17.5 Å². The number of carboxylic acid groups (broad SMARTS) is 1. The van der Waals surface area contributed by atoms with Crippen molar-refractivity contribution >= 4 is 46.1 Å². The summed E-state index contributed by atoms with van der Waals surface area (Å²) >= 11 is 7.08. The van der Waals surface area contributed by atoms with Crippen LogP contribution in [0.1, 0.15) is 23.5 Å². The number of aliphatic imine (C=N–C) groups is 1. The van der Waals surface area contributed by atoms with Gasteiger partial charge in [0.15, 0.2) is 5.17 Å². The van der Waals surface area contributed by atoms with Gasteiger partial charge in [-0.3, -0.25) is 14.5 Å². The first-order valence-corrected chi connectivity index (χ1v) is 11.4. The molecule has 1 N–H and O–H groups in total. The number of hydrogen-bond donors (Lipinski definition) is 1. The minimum absolute atomic E-state index is 0.0735. The molecule has 1 heterocycles. The lowest BCUT2D eigenvalue weighted by Gasteiger charge is -2.33. The van der Waals surface area contributed by atoms with Crippen molar-refractivity contribution in [2.75, 3.05) is 6.54 Å². The highest BCUT2D eigenvalue weighted by Gasteiger charge is 2.37. The third-order valence-electron chi connectivity index (χ3n) is 5.24. The Kier molecular flexibility index (Phi) is 6.93. The second-order valence-electron chi connectivity index (χ2n) is 7.40. The Morgan fingerprint density at radius 2 is 1.56 bits per heavy atom. The van der Waals surface area contributed by atoms with E-state index in [0.29, 0.717) is 22.4 Å². The first-order chi connectivity index (χ1) is 15.5. The Labute approximate surface area is 195 Å². The normalized spacial score (nSPS) is 17.7. The fourth-order valence-electron chi connectivity index (χ4n) is 3.59. The molecular formula is C25H21ClN2O3S. The van der Waals surface area contributed by atoms with Gasteiger partial charge in [0.2, 0.25) is 5.91 Å². The molecule has 0 unspecified atom stereocenters. The molecule has 0 spiro atoms. The molecular weight excluding hydrogens is 444 g/mol. The van der Waals surface area contributed by atoms with E-state index in [1.54, 1.807) is 29.2 Å². The van der Waals surface area contributed by atoms with Crippen LogP contribution in [0.15, 0.2) is 89.9 Å². The number of carbonyl (C=O) groups is 2. The summed E-state index contributed by atoms with van der Waals surface area (Å²) in [4.78, 5) is 31.0. The van der Waals surface area contributed by atoms with Crippen molar-refractivity contribution < 1.29 is 14.7 Å². The van der Waals surface area contributed by atoms with Crippen LogP contribution in [0.25, 0.3) is 0 Å². The molecule has 1 aliphatic heterocycles. The van der Waals surface area contributed by atoms with Crippen LogP contribution in [0.4, 0.5) is 5.69 Å². The second kappa shape index (κ2) is 10.0. The summed E-state index contributed by atoms with van der Waals surface area (Å²) in [5.74, 6) is -1.35. The topological polar surface area (TPSA) is 70.0 Å². The van der Waals surface area contributed by atoms with Crippen molar-refractivity contribution in [3.05, 3.63) is 101 Å². The summed E-state index contributed by atoms with van der Waals surface area (Å²) in [5.41, 5.74) is 2.75. The Bertz CT molecular complexity index is 1080. The van der Waals surface area contributed by atoms with Crippen LogP contribution in [-0.4, -0.2) is 38.8 Å². The van der Waals surface area contributed by atoms with E-state index in [0.717, 1.165) is 22.9 Å². The number of amides is 1. The number of carboxylic acids is 1. The van der Waals surface area contributed by atoms with Crippen LogP contribution < -0.4 is 0 Å². The predicted molar refractivity (Wildman–Crippen MR) is 129 cm³/mol. The summed E-state index contributed by atoms with van der Waals surface area (Å²) in [6.07, 6.45) is -0.0735. The zero-order chi connectivity index (χ0) is 22.5. The van der Waals surface area contributed by atoms with Crippen molar-refractivity contribution in [1.29, 1.82) is 0 Å². The monoisotopic (exact) mass is 464 g/mol. The SMILES string of the molecule is O=C(O)[C@H]1CC(=O)N(CC(c2ccccc2)c2ccccc2)C(=Nc2ccc(Cl)cc2)S1. The number of halogens is 1. The lowest BCUT2D eigenvalue weighted by Crippen LogP contribution is -2.45. The van der Waals surface area contributed by atoms with Gasteiger partial charge < -0.3 is 5.11 Å². The molecule has 0 radical (unpaired) electrons. The van der Waals surface area contributed by atoms with Gasteiger partial charge in [-0.1, -0.05) is 84.0 Å². The molecule has 0 saturated carbocycles. The highest BCUT2D eigenvalue weighted by molar-refractivity contribution is 8.15. The Balaban J connectivity index is 1.72. The van der Waals surface area contributed by atoms with Gasteiger partial charge in [-0.2, -0.15) is 0 Å². The van der Waals surface area contributed by atoms with Gasteiger partial charge in [-0.25, -0.2) is 4.99 Å². The van der Waals surface area contributed by atoms with Crippen molar-refractivity contribution in [1.82, 2.24) is 4.90 Å². The molecule has 0 aliphatic carbocycles. The summed E-state index contributed by atoms with van der Waals surface area (Å²) in [6, 6.07) is 26.9. The van der Waals surface area contributed by atoms with E-state index in [1.807, 2.05) is 60.7 Å². The summed E-state index contributed by atoms with van der Waals surface area (Å²) in [6.45, 7) is 0.360. The number of rotatable bonds is 6. The molecule has 32 heavy (non-hydrogen) atoms. The minimum Gasteiger partial charge on any atom is -0.480 e. The van der Waals surface area contributed by atoms with Crippen LogP contribution in [0, 0.1) is 0 Å². The van der Waals surface area contributed by atoms with E-state index in [-0.39, 0.29) is 18.2 Å². The maximum atomic E-state index is 13.1. The average molecular weight is 465 g/mol. The van der Waals surface area contributed by atoms with Crippen LogP contribution in [0.3, 0.4) is 0 Å². The molecule has 1 fully saturated rings. The number of benzene rings is 3. The van der Waals surface area contributed by atoms with Crippen molar-refractivity contribution in [3.8, 4) is 0 Å². The van der Waals surface area contributed by atoms with E-state index in [9.17, 15) is 14.7 Å². The van der Waals surface area contributed by atoms with Gasteiger partial charge in [0.1, 0.15) is 5.25 Å². The minimum atomic E-state index is -1.02. The first-order valence-electron chi connectivity index (χ1n) is 10.2. The molecule has 5 nitrogen and oxygen atoms in total. The Hall–Kier alpha value is -3.09. The number of carbonyl (C=O) groups excluding carboxylic acids is 1. The fourth-order valence-corrected chi connectivity index (χ4v) is 4.76. The quantitative estimate of drug-likeness (QED) is 0.517. The maximum absolute atomic E-state index is 13.1. The molecule has 162 valence electrons. The van der Waals surface area contributed by atoms with Gasteiger partial charge in [0.25, 0.3) is 0 Å². The van der Waals surface area contributed by atoms with Crippen LogP contribution >= 0.6 is 23.4 Å².